The number of aliphatic hydroxyl groups excluding tert-OH is 1. The second-order valence-electron chi connectivity index (χ2n) is 3.09. The Morgan fingerprint density at radius 2 is 2.20 bits per heavy atom. The first-order valence-corrected chi connectivity index (χ1v) is 6.75. The molecule has 1 atom stereocenters. The molecular weight excluding hydrogens is 250 g/mol. The molecule has 0 saturated heterocycles. The van der Waals surface area contributed by atoms with Gasteiger partial charge in [-0.3, -0.25) is 4.85 Å². The van der Waals surface area contributed by atoms with Crippen molar-refractivity contribution in [2.24, 2.45) is 0 Å². The number of nitrogens with zero attached hydrogens (tertiary/aromatic N) is 1. The number of rotatable bonds is 5. The first-order valence-electron chi connectivity index (χ1n) is 4.54. The predicted molar refractivity (Wildman–Crippen MR) is 70.8 cm³/mol. The fourth-order valence-corrected chi connectivity index (χ4v) is 3.73. The van der Waals surface area contributed by atoms with E-state index in [1.54, 1.807) is 6.92 Å². The molecule has 0 aliphatic carbocycles. The minimum atomic E-state index is -1.35. The van der Waals surface area contributed by atoms with Crippen molar-refractivity contribution >= 4 is 39.3 Å². The third-order valence-corrected chi connectivity index (χ3v) is 4.30. The molecule has 1 unspecified atom stereocenters. The Balaban J connectivity index is 4.19. The second kappa shape index (κ2) is 7.47. The predicted octanol–water partition coefficient (Wildman–Crippen LogP) is 2.48. The maximum absolute atomic E-state index is 8.75. The van der Waals surface area contributed by atoms with Crippen molar-refractivity contribution in [3.8, 4) is 0 Å². The Morgan fingerprint density at radius 3 is 2.60 bits per heavy atom. The van der Waals surface area contributed by atoms with Gasteiger partial charge in [0.1, 0.15) is 3.53 Å². The molecule has 3 nitrogen and oxygen atoms in total. The summed E-state index contributed by atoms with van der Waals surface area (Å²) >= 11 is 7.97. The van der Waals surface area contributed by atoms with Gasteiger partial charge in [-0.15, -0.1) is 11.8 Å². The van der Waals surface area contributed by atoms with Crippen molar-refractivity contribution in [3.63, 3.8) is 0 Å². The van der Waals surface area contributed by atoms with E-state index < -0.39 is 11.2 Å². The Labute approximate surface area is 104 Å². The highest BCUT2D eigenvalue weighted by Crippen LogP contribution is 2.36. The Hall–Kier alpha value is 0.200. The van der Waals surface area contributed by atoms with E-state index in [4.69, 9.17) is 29.0 Å². The van der Waals surface area contributed by atoms with Crippen LogP contribution in [0.3, 0.4) is 0 Å². The molecule has 0 bridgehead atoms. The molecular formula is C9H15NO2S3. The smallest absolute Gasteiger partial charge is 0.280 e. The largest absolute Gasteiger partial charge is 0.368 e. The molecule has 0 heterocycles. The summed E-state index contributed by atoms with van der Waals surface area (Å²) in [4.78, 5) is 2.83. The molecule has 15 heavy (non-hydrogen) atoms. The van der Waals surface area contributed by atoms with Gasteiger partial charge in [0.25, 0.3) is 4.87 Å². The summed E-state index contributed by atoms with van der Waals surface area (Å²) in [7, 11) is 0. The lowest BCUT2D eigenvalue weighted by Crippen LogP contribution is -2.19. The highest BCUT2D eigenvalue weighted by atomic mass is 32.2. The first kappa shape index (κ1) is 15.2. The van der Waals surface area contributed by atoms with Crippen LogP contribution in [0.2, 0.25) is 0 Å². The van der Waals surface area contributed by atoms with Crippen LogP contribution in [0.15, 0.2) is 0 Å². The van der Waals surface area contributed by atoms with Crippen molar-refractivity contribution in [2.75, 3.05) is 5.75 Å². The summed E-state index contributed by atoms with van der Waals surface area (Å²) < 4.78 is 0.739. The third kappa shape index (κ3) is 7.14. The molecule has 0 aromatic heterocycles. The van der Waals surface area contributed by atoms with Crippen LogP contribution in [-0.4, -0.2) is 30.7 Å². The number of aliphatic hydroxyl groups is 2. The molecule has 0 aliphatic rings. The van der Waals surface area contributed by atoms with Crippen molar-refractivity contribution in [2.45, 2.75) is 37.9 Å². The molecule has 0 fully saturated rings. The molecule has 0 rings (SSSR count). The van der Waals surface area contributed by atoms with E-state index in [0.29, 0.717) is 6.42 Å². The van der Waals surface area contributed by atoms with E-state index in [0.717, 1.165) is 9.28 Å². The summed E-state index contributed by atoms with van der Waals surface area (Å²) in [5.74, 6) is 0.891. The number of thioether (sulfide) groups is 2. The normalized spacial score (nSPS) is 14.7. The van der Waals surface area contributed by atoms with Crippen LogP contribution < -0.4 is 0 Å². The van der Waals surface area contributed by atoms with Crippen LogP contribution in [0, 0.1) is 6.57 Å². The molecule has 0 aromatic carbocycles. The van der Waals surface area contributed by atoms with Crippen molar-refractivity contribution in [1.29, 1.82) is 0 Å². The standard InChI is InChI=1S/C9H15NO2S3/c1-4-14-8(13)15-9(2,10-3)6-5-7(11)12/h7,11-12H,4-6H2,1-2H3. The van der Waals surface area contributed by atoms with Crippen LogP contribution in [-0.2, 0) is 0 Å². The molecule has 0 radical (unpaired) electrons. The Kier molecular flexibility index (Phi) is 7.57. The van der Waals surface area contributed by atoms with E-state index in [1.165, 1.54) is 23.5 Å². The molecule has 2 N–H and O–H groups in total. The van der Waals surface area contributed by atoms with Crippen molar-refractivity contribution in [3.05, 3.63) is 11.4 Å². The number of thiocarbonyl (C=S) groups is 1. The molecule has 0 aromatic rings. The summed E-state index contributed by atoms with van der Waals surface area (Å²) in [6, 6.07) is 0. The van der Waals surface area contributed by atoms with Gasteiger partial charge in [0.15, 0.2) is 6.29 Å². The van der Waals surface area contributed by atoms with E-state index in [9.17, 15) is 0 Å². The highest BCUT2D eigenvalue weighted by Gasteiger charge is 2.33. The van der Waals surface area contributed by atoms with E-state index in [2.05, 4.69) is 4.85 Å². The molecule has 0 amide bonds. The Bertz CT molecular complexity index is 252. The van der Waals surface area contributed by atoms with Crippen LogP contribution in [0.25, 0.3) is 4.85 Å². The zero-order chi connectivity index (χ0) is 11.9. The SMILES string of the molecule is [C-]#[N+]C(C)(CCC(O)O)SC(=S)SCC. The zero-order valence-electron chi connectivity index (χ0n) is 8.77. The van der Waals surface area contributed by atoms with Gasteiger partial charge in [-0.25, -0.2) is 6.57 Å². The zero-order valence-corrected chi connectivity index (χ0v) is 11.2. The lowest BCUT2D eigenvalue weighted by atomic mass is 10.2. The van der Waals surface area contributed by atoms with Crippen LogP contribution in [0.4, 0.5) is 0 Å². The van der Waals surface area contributed by atoms with Gasteiger partial charge in [-0.1, -0.05) is 19.1 Å². The highest BCUT2D eigenvalue weighted by molar-refractivity contribution is 8.47. The van der Waals surface area contributed by atoms with Crippen molar-refractivity contribution in [1.82, 2.24) is 0 Å². The van der Waals surface area contributed by atoms with Crippen LogP contribution in [0.1, 0.15) is 26.7 Å². The number of hydrogen-bond donors (Lipinski definition) is 2. The average Bonchev–Trinajstić information content (AvgIpc) is 2.15. The van der Waals surface area contributed by atoms with Gasteiger partial charge < -0.3 is 10.2 Å². The van der Waals surface area contributed by atoms with Crippen LogP contribution >= 0.6 is 35.7 Å². The van der Waals surface area contributed by atoms with Gasteiger partial charge in [0.2, 0.25) is 0 Å². The fourth-order valence-electron chi connectivity index (χ4n) is 0.854. The molecule has 0 aliphatic heterocycles. The Morgan fingerprint density at radius 1 is 1.60 bits per heavy atom. The van der Waals surface area contributed by atoms with E-state index in [1.807, 2.05) is 6.92 Å². The summed E-state index contributed by atoms with van der Waals surface area (Å²) in [6.07, 6.45) is -0.729. The molecule has 0 spiro atoms. The average molecular weight is 265 g/mol. The fraction of sp³-hybridized carbons (Fsp3) is 0.778. The maximum atomic E-state index is 8.75. The molecule has 86 valence electrons. The quantitative estimate of drug-likeness (QED) is 0.454. The summed E-state index contributed by atoms with van der Waals surface area (Å²) in [6.45, 7) is 10.9. The van der Waals surface area contributed by atoms with Gasteiger partial charge in [-0.2, -0.15) is 0 Å². The van der Waals surface area contributed by atoms with Crippen LogP contribution in [0.5, 0.6) is 0 Å². The number of hydrogen-bond acceptors (Lipinski definition) is 5. The minimum absolute atomic E-state index is 0.200. The lowest BCUT2D eigenvalue weighted by Gasteiger charge is -2.16. The monoisotopic (exact) mass is 265 g/mol. The summed E-state index contributed by atoms with van der Waals surface area (Å²) in [5, 5.41) is 17.5. The van der Waals surface area contributed by atoms with Gasteiger partial charge in [0, 0.05) is 19.8 Å². The van der Waals surface area contributed by atoms with E-state index >= 15 is 0 Å². The molecule has 0 saturated carbocycles. The summed E-state index contributed by atoms with van der Waals surface area (Å²) in [5.41, 5.74) is 0. The van der Waals surface area contributed by atoms with E-state index in [-0.39, 0.29) is 6.42 Å². The topological polar surface area (TPSA) is 44.8 Å². The van der Waals surface area contributed by atoms with Gasteiger partial charge in [-0.05, 0) is 17.5 Å². The minimum Gasteiger partial charge on any atom is -0.368 e. The lowest BCUT2D eigenvalue weighted by molar-refractivity contribution is -0.0470. The molecule has 6 heteroatoms. The van der Waals surface area contributed by atoms with Gasteiger partial charge >= 0.3 is 0 Å². The van der Waals surface area contributed by atoms with Crippen molar-refractivity contribution < 1.29 is 10.2 Å². The van der Waals surface area contributed by atoms with Gasteiger partial charge in [0.05, 0.1) is 0 Å². The maximum Gasteiger partial charge on any atom is 0.280 e. The third-order valence-electron chi connectivity index (χ3n) is 1.67. The second-order valence-corrected chi connectivity index (χ2v) is 7.04. The first-order chi connectivity index (χ1) is 6.93.